The molecule has 0 spiro atoms. The Morgan fingerprint density at radius 3 is 2.63 bits per heavy atom. The number of nitro benzene ring substituents is 1. The second kappa shape index (κ2) is 6.29. The van der Waals surface area contributed by atoms with Crippen LogP contribution in [0.4, 0.5) is 5.69 Å². The summed E-state index contributed by atoms with van der Waals surface area (Å²) >= 11 is 5.75. The fraction of sp³-hybridized carbons (Fsp3) is 0.400. The SMILES string of the molecule is CC[C@@H](CO)NS(=O)(=O)c1cc([N+](=O)[O-])ccc1Cl. The Labute approximate surface area is 115 Å². The molecule has 0 unspecified atom stereocenters. The highest BCUT2D eigenvalue weighted by Crippen LogP contribution is 2.26. The first-order valence-corrected chi connectivity index (χ1v) is 7.25. The summed E-state index contributed by atoms with van der Waals surface area (Å²) in [6, 6.07) is 2.48. The molecule has 0 saturated heterocycles. The lowest BCUT2D eigenvalue weighted by Crippen LogP contribution is -2.37. The summed E-state index contributed by atoms with van der Waals surface area (Å²) in [5, 5.41) is 19.5. The number of hydrogen-bond acceptors (Lipinski definition) is 5. The first kappa shape index (κ1) is 15.8. The summed E-state index contributed by atoms with van der Waals surface area (Å²) in [6.07, 6.45) is 0.377. The van der Waals surface area contributed by atoms with Crippen LogP contribution in [0, 0.1) is 10.1 Å². The molecule has 7 nitrogen and oxygen atoms in total. The summed E-state index contributed by atoms with van der Waals surface area (Å²) in [6.45, 7) is 1.32. The molecule has 0 bridgehead atoms. The van der Waals surface area contributed by atoms with Gasteiger partial charge in [0.1, 0.15) is 4.90 Å². The first-order chi connectivity index (χ1) is 8.81. The minimum atomic E-state index is -4.02. The fourth-order valence-electron chi connectivity index (χ4n) is 1.34. The first-order valence-electron chi connectivity index (χ1n) is 5.39. The van der Waals surface area contributed by atoms with Crippen LogP contribution in [0.1, 0.15) is 13.3 Å². The maximum Gasteiger partial charge on any atom is 0.270 e. The lowest BCUT2D eigenvalue weighted by Gasteiger charge is -2.14. The van der Waals surface area contributed by atoms with Gasteiger partial charge in [0, 0.05) is 18.2 Å². The van der Waals surface area contributed by atoms with E-state index in [1.165, 1.54) is 0 Å². The number of non-ortho nitro benzene ring substituents is 1. The highest BCUT2D eigenvalue weighted by atomic mass is 35.5. The van der Waals surface area contributed by atoms with Gasteiger partial charge in [-0.15, -0.1) is 0 Å². The van der Waals surface area contributed by atoms with Crippen molar-refractivity contribution >= 4 is 27.3 Å². The van der Waals surface area contributed by atoms with Crippen molar-refractivity contribution in [2.75, 3.05) is 6.61 Å². The zero-order chi connectivity index (χ0) is 14.6. The van der Waals surface area contributed by atoms with E-state index >= 15 is 0 Å². The smallest absolute Gasteiger partial charge is 0.270 e. The van der Waals surface area contributed by atoms with Crippen LogP contribution in [-0.2, 0) is 10.0 Å². The van der Waals surface area contributed by atoms with Crippen LogP contribution in [0.3, 0.4) is 0 Å². The van der Waals surface area contributed by atoms with Crippen molar-refractivity contribution in [1.82, 2.24) is 4.72 Å². The Morgan fingerprint density at radius 1 is 1.53 bits per heavy atom. The number of aliphatic hydroxyl groups is 1. The zero-order valence-electron chi connectivity index (χ0n) is 10.0. The number of nitrogens with one attached hydrogen (secondary N) is 1. The molecule has 0 aliphatic heterocycles. The van der Waals surface area contributed by atoms with E-state index < -0.39 is 21.0 Å². The quantitative estimate of drug-likeness (QED) is 0.608. The van der Waals surface area contributed by atoms with E-state index in [-0.39, 0.29) is 22.2 Å². The van der Waals surface area contributed by atoms with Crippen LogP contribution in [-0.4, -0.2) is 31.1 Å². The lowest BCUT2D eigenvalue weighted by molar-refractivity contribution is -0.385. The van der Waals surface area contributed by atoms with Crippen molar-refractivity contribution in [3.63, 3.8) is 0 Å². The molecule has 0 radical (unpaired) electrons. The summed E-state index contributed by atoms with van der Waals surface area (Å²) in [7, 11) is -4.02. The molecule has 1 rings (SSSR count). The topological polar surface area (TPSA) is 110 Å². The number of hydrogen-bond donors (Lipinski definition) is 2. The molecule has 0 saturated carbocycles. The van der Waals surface area contributed by atoms with Gasteiger partial charge < -0.3 is 5.11 Å². The largest absolute Gasteiger partial charge is 0.395 e. The minimum absolute atomic E-state index is 0.120. The standard InChI is InChI=1S/C10H13ClN2O5S/c1-2-7(6-14)12-19(17,18)10-5-8(13(15)16)3-4-9(10)11/h3-5,7,12,14H,2,6H2,1H3/t7-/m0/s1. The molecule has 0 aliphatic rings. The van der Waals surface area contributed by atoms with Crippen LogP contribution in [0.2, 0.25) is 5.02 Å². The van der Waals surface area contributed by atoms with Crippen molar-refractivity contribution in [2.45, 2.75) is 24.3 Å². The van der Waals surface area contributed by atoms with E-state index in [9.17, 15) is 18.5 Å². The van der Waals surface area contributed by atoms with E-state index in [1.54, 1.807) is 6.92 Å². The number of sulfonamides is 1. The van der Waals surface area contributed by atoms with Gasteiger partial charge in [-0.2, -0.15) is 0 Å². The Hall–Kier alpha value is -1.22. The zero-order valence-corrected chi connectivity index (χ0v) is 11.6. The second-order valence-electron chi connectivity index (χ2n) is 3.78. The number of nitrogens with zero attached hydrogens (tertiary/aromatic N) is 1. The molecule has 106 valence electrons. The monoisotopic (exact) mass is 308 g/mol. The molecule has 1 aromatic rings. The third-order valence-electron chi connectivity index (χ3n) is 2.45. The summed E-state index contributed by atoms with van der Waals surface area (Å²) in [5.74, 6) is 0. The lowest BCUT2D eigenvalue weighted by atomic mass is 10.3. The van der Waals surface area contributed by atoms with Crippen molar-refractivity contribution in [2.24, 2.45) is 0 Å². The van der Waals surface area contributed by atoms with Crippen LogP contribution in [0.25, 0.3) is 0 Å². The average molecular weight is 309 g/mol. The van der Waals surface area contributed by atoms with Crippen LogP contribution in [0.15, 0.2) is 23.1 Å². The molecule has 2 N–H and O–H groups in total. The van der Waals surface area contributed by atoms with Crippen molar-refractivity contribution in [3.8, 4) is 0 Å². The molecular weight excluding hydrogens is 296 g/mol. The van der Waals surface area contributed by atoms with Gasteiger partial charge in [-0.1, -0.05) is 18.5 Å². The van der Waals surface area contributed by atoms with E-state index in [0.717, 1.165) is 18.2 Å². The summed E-state index contributed by atoms with van der Waals surface area (Å²) in [5.41, 5.74) is -0.373. The highest BCUT2D eigenvalue weighted by Gasteiger charge is 2.23. The molecule has 1 atom stereocenters. The molecule has 1 aromatic carbocycles. The summed E-state index contributed by atoms with van der Waals surface area (Å²) < 4.78 is 26.3. The van der Waals surface area contributed by atoms with E-state index in [2.05, 4.69) is 4.72 Å². The number of aliphatic hydroxyl groups excluding tert-OH is 1. The maximum atomic E-state index is 12.0. The fourth-order valence-corrected chi connectivity index (χ4v) is 3.17. The van der Waals surface area contributed by atoms with Crippen molar-refractivity contribution in [3.05, 3.63) is 33.3 Å². The Kier molecular flexibility index (Phi) is 5.24. The number of halogens is 1. The van der Waals surface area contributed by atoms with Gasteiger partial charge in [0.15, 0.2) is 0 Å². The molecule has 0 aromatic heterocycles. The predicted molar refractivity (Wildman–Crippen MR) is 69.6 cm³/mol. The second-order valence-corrected chi connectivity index (χ2v) is 5.87. The normalized spacial score (nSPS) is 13.2. The Balaban J connectivity index is 3.20. The minimum Gasteiger partial charge on any atom is -0.395 e. The van der Waals surface area contributed by atoms with Gasteiger partial charge in [-0.3, -0.25) is 10.1 Å². The van der Waals surface area contributed by atoms with E-state index in [4.69, 9.17) is 16.7 Å². The van der Waals surface area contributed by atoms with Gasteiger partial charge in [-0.05, 0) is 12.5 Å². The summed E-state index contributed by atoms with van der Waals surface area (Å²) in [4.78, 5) is 9.54. The molecule has 19 heavy (non-hydrogen) atoms. The van der Waals surface area contributed by atoms with E-state index in [1.807, 2.05) is 0 Å². The van der Waals surface area contributed by atoms with Crippen molar-refractivity contribution < 1.29 is 18.4 Å². The number of nitro groups is 1. The van der Waals surface area contributed by atoms with Gasteiger partial charge in [0.25, 0.3) is 5.69 Å². The number of rotatable bonds is 6. The highest BCUT2D eigenvalue weighted by molar-refractivity contribution is 7.89. The van der Waals surface area contributed by atoms with Gasteiger partial charge in [0.05, 0.1) is 16.6 Å². The third kappa shape index (κ3) is 3.87. The maximum absolute atomic E-state index is 12.0. The molecule has 9 heteroatoms. The average Bonchev–Trinajstić information content (AvgIpc) is 2.35. The molecule has 0 fully saturated rings. The Morgan fingerprint density at radius 2 is 2.16 bits per heavy atom. The van der Waals surface area contributed by atoms with Crippen molar-refractivity contribution in [1.29, 1.82) is 0 Å². The van der Waals surface area contributed by atoms with Gasteiger partial charge in [-0.25, -0.2) is 13.1 Å². The third-order valence-corrected chi connectivity index (χ3v) is 4.45. The molecule has 0 heterocycles. The van der Waals surface area contributed by atoms with Crippen LogP contribution >= 0.6 is 11.6 Å². The van der Waals surface area contributed by atoms with Crippen LogP contribution < -0.4 is 4.72 Å². The molecule has 0 aliphatic carbocycles. The predicted octanol–water partition coefficient (Wildman–Crippen LogP) is 1.30. The Bertz CT molecular complexity index is 571. The molecular formula is C10H13ClN2O5S. The van der Waals surface area contributed by atoms with Crippen LogP contribution in [0.5, 0.6) is 0 Å². The molecule has 0 amide bonds. The van der Waals surface area contributed by atoms with Gasteiger partial charge in [0.2, 0.25) is 10.0 Å². The number of benzene rings is 1. The van der Waals surface area contributed by atoms with Gasteiger partial charge >= 0.3 is 0 Å². The van der Waals surface area contributed by atoms with E-state index in [0.29, 0.717) is 6.42 Å².